The molecule has 1 aromatic rings. The number of nitrogens with zero attached hydrogens (tertiary/aromatic N) is 1. The number of benzene rings is 1. The predicted octanol–water partition coefficient (Wildman–Crippen LogP) is 4.91. The molecule has 1 aliphatic carbocycles. The Hall–Kier alpha value is -1.02. The quantitative estimate of drug-likeness (QED) is 0.748. The van der Waals surface area contributed by atoms with Gasteiger partial charge in [-0.05, 0) is 43.5 Å². The molecule has 0 radical (unpaired) electrons. The summed E-state index contributed by atoms with van der Waals surface area (Å²) < 4.78 is 0. The normalized spacial score (nSPS) is 18.2. The summed E-state index contributed by atoms with van der Waals surface area (Å²) in [5.74, 6) is 0. The molecule has 0 aliphatic heterocycles. The van der Waals surface area contributed by atoms with Gasteiger partial charge in [0, 0.05) is 24.8 Å². The molecule has 1 fully saturated rings. The molecule has 1 saturated carbocycles. The molecule has 1 aliphatic rings. The van der Waals surface area contributed by atoms with Crippen LogP contribution in [-0.2, 0) is 0 Å². The zero-order chi connectivity index (χ0) is 15.1. The van der Waals surface area contributed by atoms with E-state index in [1.54, 1.807) is 0 Å². The Labute approximate surface area is 130 Å². The Balaban J connectivity index is 2.03. The summed E-state index contributed by atoms with van der Waals surface area (Å²) in [5.41, 5.74) is 2.79. The SMILES string of the molecule is CCNC(CC)c1ccc(N(C)C2CCCCCC2)cc1. The highest BCUT2D eigenvalue weighted by Gasteiger charge is 2.17. The Morgan fingerprint density at radius 3 is 2.19 bits per heavy atom. The average Bonchev–Trinajstić information content (AvgIpc) is 2.81. The molecule has 0 spiro atoms. The molecular formula is C19H32N2. The number of anilines is 1. The van der Waals surface area contributed by atoms with E-state index in [1.807, 2.05) is 0 Å². The first kappa shape index (κ1) is 16.4. The smallest absolute Gasteiger partial charge is 0.0366 e. The van der Waals surface area contributed by atoms with Gasteiger partial charge in [-0.15, -0.1) is 0 Å². The van der Waals surface area contributed by atoms with Gasteiger partial charge in [-0.2, -0.15) is 0 Å². The van der Waals surface area contributed by atoms with Crippen molar-refractivity contribution in [2.75, 3.05) is 18.5 Å². The molecular weight excluding hydrogens is 256 g/mol. The van der Waals surface area contributed by atoms with E-state index in [2.05, 4.69) is 55.4 Å². The highest BCUT2D eigenvalue weighted by atomic mass is 15.1. The highest BCUT2D eigenvalue weighted by Crippen LogP contribution is 2.27. The van der Waals surface area contributed by atoms with Gasteiger partial charge in [-0.3, -0.25) is 0 Å². The first-order valence-electron chi connectivity index (χ1n) is 8.82. The van der Waals surface area contributed by atoms with Gasteiger partial charge in [0.05, 0.1) is 0 Å². The monoisotopic (exact) mass is 288 g/mol. The van der Waals surface area contributed by atoms with E-state index in [9.17, 15) is 0 Å². The molecule has 21 heavy (non-hydrogen) atoms. The number of rotatable bonds is 6. The second kappa shape index (κ2) is 8.43. The summed E-state index contributed by atoms with van der Waals surface area (Å²) in [6, 6.07) is 10.4. The van der Waals surface area contributed by atoms with Gasteiger partial charge in [0.25, 0.3) is 0 Å². The van der Waals surface area contributed by atoms with Crippen LogP contribution in [0.1, 0.15) is 70.4 Å². The molecule has 0 amide bonds. The Morgan fingerprint density at radius 2 is 1.67 bits per heavy atom. The fourth-order valence-corrected chi connectivity index (χ4v) is 3.54. The summed E-state index contributed by atoms with van der Waals surface area (Å²) in [6.07, 6.45) is 9.48. The lowest BCUT2D eigenvalue weighted by atomic mass is 10.0. The molecule has 1 N–H and O–H groups in total. The van der Waals surface area contributed by atoms with Crippen molar-refractivity contribution >= 4 is 5.69 Å². The Kier molecular flexibility index (Phi) is 6.56. The van der Waals surface area contributed by atoms with Crippen LogP contribution in [0.15, 0.2) is 24.3 Å². The molecule has 1 aromatic carbocycles. The van der Waals surface area contributed by atoms with Gasteiger partial charge in [0.15, 0.2) is 0 Å². The lowest BCUT2D eigenvalue weighted by Crippen LogP contribution is -2.31. The van der Waals surface area contributed by atoms with E-state index < -0.39 is 0 Å². The number of hydrogen-bond acceptors (Lipinski definition) is 2. The van der Waals surface area contributed by atoms with Crippen molar-refractivity contribution in [2.45, 2.75) is 70.9 Å². The van der Waals surface area contributed by atoms with E-state index in [0.717, 1.165) is 19.0 Å². The molecule has 2 heteroatoms. The van der Waals surface area contributed by atoms with Crippen LogP contribution in [0.2, 0.25) is 0 Å². The lowest BCUT2D eigenvalue weighted by molar-refractivity contribution is 0.536. The van der Waals surface area contributed by atoms with Gasteiger partial charge in [0.2, 0.25) is 0 Å². The third-order valence-corrected chi connectivity index (χ3v) is 4.93. The van der Waals surface area contributed by atoms with Crippen LogP contribution < -0.4 is 10.2 Å². The van der Waals surface area contributed by atoms with Gasteiger partial charge < -0.3 is 10.2 Å². The van der Waals surface area contributed by atoms with Crippen LogP contribution >= 0.6 is 0 Å². The van der Waals surface area contributed by atoms with E-state index in [0.29, 0.717) is 6.04 Å². The van der Waals surface area contributed by atoms with Gasteiger partial charge in [0.1, 0.15) is 0 Å². The van der Waals surface area contributed by atoms with Crippen molar-refractivity contribution in [3.8, 4) is 0 Å². The molecule has 0 heterocycles. The van der Waals surface area contributed by atoms with Gasteiger partial charge >= 0.3 is 0 Å². The van der Waals surface area contributed by atoms with Crippen molar-refractivity contribution in [3.63, 3.8) is 0 Å². The van der Waals surface area contributed by atoms with Crippen molar-refractivity contribution in [1.29, 1.82) is 0 Å². The molecule has 1 unspecified atom stereocenters. The minimum absolute atomic E-state index is 0.493. The van der Waals surface area contributed by atoms with E-state index in [1.165, 1.54) is 49.8 Å². The van der Waals surface area contributed by atoms with Crippen molar-refractivity contribution in [3.05, 3.63) is 29.8 Å². The Morgan fingerprint density at radius 1 is 1.05 bits per heavy atom. The zero-order valence-electron chi connectivity index (χ0n) is 14.1. The van der Waals surface area contributed by atoms with Crippen LogP contribution in [-0.4, -0.2) is 19.6 Å². The average molecular weight is 288 g/mol. The topological polar surface area (TPSA) is 15.3 Å². The number of nitrogens with one attached hydrogen (secondary N) is 1. The standard InChI is InChI=1S/C19H32N2/c1-4-19(20-5-2)16-12-14-18(15-13-16)21(3)17-10-8-6-7-9-11-17/h12-15,17,19-20H,4-11H2,1-3H3. The van der Waals surface area contributed by atoms with Crippen LogP contribution in [0.3, 0.4) is 0 Å². The summed E-state index contributed by atoms with van der Waals surface area (Å²) >= 11 is 0. The molecule has 1 atom stereocenters. The maximum atomic E-state index is 3.56. The third kappa shape index (κ3) is 4.47. The number of hydrogen-bond donors (Lipinski definition) is 1. The van der Waals surface area contributed by atoms with Crippen LogP contribution in [0, 0.1) is 0 Å². The maximum absolute atomic E-state index is 3.56. The maximum Gasteiger partial charge on any atom is 0.0366 e. The van der Waals surface area contributed by atoms with E-state index in [4.69, 9.17) is 0 Å². The minimum Gasteiger partial charge on any atom is -0.372 e. The molecule has 2 rings (SSSR count). The third-order valence-electron chi connectivity index (χ3n) is 4.93. The second-order valence-electron chi connectivity index (χ2n) is 6.37. The molecule has 2 nitrogen and oxygen atoms in total. The van der Waals surface area contributed by atoms with Crippen LogP contribution in [0.5, 0.6) is 0 Å². The highest BCUT2D eigenvalue weighted by molar-refractivity contribution is 5.48. The largest absolute Gasteiger partial charge is 0.372 e. The van der Waals surface area contributed by atoms with E-state index in [-0.39, 0.29) is 0 Å². The fraction of sp³-hybridized carbons (Fsp3) is 0.684. The summed E-state index contributed by atoms with van der Waals surface area (Å²) in [6.45, 7) is 5.46. The fourth-order valence-electron chi connectivity index (χ4n) is 3.54. The van der Waals surface area contributed by atoms with Gasteiger partial charge in [-0.1, -0.05) is 51.7 Å². The molecule has 0 aromatic heterocycles. The van der Waals surface area contributed by atoms with Crippen molar-refractivity contribution < 1.29 is 0 Å². The first-order valence-corrected chi connectivity index (χ1v) is 8.82. The molecule has 0 bridgehead atoms. The minimum atomic E-state index is 0.493. The molecule has 118 valence electrons. The summed E-state index contributed by atoms with van der Waals surface area (Å²) in [5, 5.41) is 3.56. The van der Waals surface area contributed by atoms with Crippen LogP contribution in [0.25, 0.3) is 0 Å². The lowest BCUT2D eigenvalue weighted by Gasteiger charge is -2.29. The summed E-state index contributed by atoms with van der Waals surface area (Å²) in [4.78, 5) is 2.50. The van der Waals surface area contributed by atoms with Crippen molar-refractivity contribution in [2.24, 2.45) is 0 Å². The zero-order valence-corrected chi connectivity index (χ0v) is 14.1. The first-order chi connectivity index (χ1) is 10.3. The van der Waals surface area contributed by atoms with E-state index >= 15 is 0 Å². The van der Waals surface area contributed by atoms with Gasteiger partial charge in [-0.25, -0.2) is 0 Å². The Bertz CT molecular complexity index is 391. The van der Waals surface area contributed by atoms with Crippen LogP contribution in [0.4, 0.5) is 5.69 Å². The second-order valence-corrected chi connectivity index (χ2v) is 6.37. The molecule has 0 saturated heterocycles. The predicted molar refractivity (Wildman–Crippen MR) is 93.0 cm³/mol. The summed E-state index contributed by atoms with van der Waals surface area (Å²) in [7, 11) is 2.27. The van der Waals surface area contributed by atoms with Crippen molar-refractivity contribution in [1.82, 2.24) is 5.32 Å².